The lowest BCUT2D eigenvalue weighted by molar-refractivity contribution is -0.137. The van der Waals surface area contributed by atoms with Crippen LogP contribution in [0.4, 0.5) is 0 Å². The van der Waals surface area contributed by atoms with Gasteiger partial charge in [-0.05, 0) is 44.4 Å². The second kappa shape index (κ2) is 10.8. The lowest BCUT2D eigenvalue weighted by Gasteiger charge is -2.25. The zero-order valence-corrected chi connectivity index (χ0v) is 15.5. The molecule has 2 saturated heterocycles. The molecule has 142 valence electrons. The van der Waals surface area contributed by atoms with E-state index in [2.05, 4.69) is 25.2 Å². The van der Waals surface area contributed by atoms with E-state index in [9.17, 15) is 9.90 Å². The Bertz CT molecular complexity index is 457. The van der Waals surface area contributed by atoms with Gasteiger partial charge in [0, 0.05) is 12.3 Å². The first-order valence-corrected chi connectivity index (χ1v) is 10.0. The first kappa shape index (κ1) is 20.2. The van der Waals surface area contributed by atoms with Gasteiger partial charge in [-0.25, -0.2) is 0 Å². The van der Waals surface area contributed by atoms with Crippen molar-refractivity contribution in [3.63, 3.8) is 0 Å². The number of ether oxygens (including phenoxy) is 1. The van der Waals surface area contributed by atoms with Gasteiger partial charge in [0.15, 0.2) is 0 Å². The van der Waals surface area contributed by atoms with Gasteiger partial charge in [-0.2, -0.15) is 0 Å². The molecule has 2 N–H and O–H groups in total. The Morgan fingerprint density at radius 1 is 1.20 bits per heavy atom. The Kier molecular flexibility index (Phi) is 8.70. The van der Waals surface area contributed by atoms with E-state index in [-0.39, 0.29) is 12.5 Å². The lowest BCUT2D eigenvalue weighted by atomic mass is 9.77. The van der Waals surface area contributed by atoms with E-state index in [0.29, 0.717) is 30.5 Å². The summed E-state index contributed by atoms with van der Waals surface area (Å²) in [5.74, 6) is 0.175. The first-order valence-electron chi connectivity index (χ1n) is 10.0. The standard InChI is InChI=1S/C21H34O4/c1-2-3-6-9-16(22)12-13-18-17(19-14-15-20(18)25-19)10-7-4-5-8-11-21(23)24/h4,7,12-13,16-20,22H,2-3,5-6,8-11,14-15H2,1H3,(H,23,24)/b7-4-,13-12+/t16-,17+,18+,19+,20-/m0/s1. The van der Waals surface area contributed by atoms with Gasteiger partial charge >= 0.3 is 5.97 Å². The molecule has 2 fully saturated rings. The number of carbonyl (C=O) groups is 1. The third-order valence-electron chi connectivity index (χ3n) is 5.48. The maximum Gasteiger partial charge on any atom is 0.303 e. The highest BCUT2D eigenvalue weighted by atomic mass is 16.5. The quantitative estimate of drug-likeness (QED) is 0.402. The number of carboxylic acids is 1. The zero-order chi connectivity index (χ0) is 18.1. The molecule has 0 saturated carbocycles. The van der Waals surface area contributed by atoms with Crippen LogP contribution in [0, 0.1) is 11.8 Å². The fourth-order valence-electron chi connectivity index (χ4n) is 4.09. The van der Waals surface area contributed by atoms with E-state index in [4.69, 9.17) is 9.84 Å². The van der Waals surface area contributed by atoms with E-state index < -0.39 is 5.97 Å². The molecule has 0 aromatic rings. The molecule has 0 aliphatic carbocycles. The molecule has 2 aliphatic heterocycles. The Morgan fingerprint density at radius 2 is 2.00 bits per heavy atom. The van der Waals surface area contributed by atoms with Crippen LogP contribution in [-0.4, -0.2) is 34.5 Å². The van der Waals surface area contributed by atoms with Crippen LogP contribution >= 0.6 is 0 Å². The van der Waals surface area contributed by atoms with Crippen LogP contribution < -0.4 is 0 Å². The summed E-state index contributed by atoms with van der Waals surface area (Å²) in [4.78, 5) is 10.5. The van der Waals surface area contributed by atoms with Gasteiger partial charge in [0.1, 0.15) is 0 Å². The summed E-state index contributed by atoms with van der Waals surface area (Å²) in [5.41, 5.74) is 0. The third kappa shape index (κ3) is 6.59. The average molecular weight is 350 g/mol. The molecule has 0 unspecified atom stereocenters. The van der Waals surface area contributed by atoms with Crippen LogP contribution in [0.5, 0.6) is 0 Å². The third-order valence-corrected chi connectivity index (χ3v) is 5.48. The van der Waals surface area contributed by atoms with Crippen molar-refractivity contribution in [2.45, 2.75) is 89.4 Å². The average Bonchev–Trinajstić information content (AvgIpc) is 3.17. The molecule has 4 nitrogen and oxygen atoms in total. The van der Waals surface area contributed by atoms with Crippen molar-refractivity contribution >= 4 is 5.97 Å². The number of hydrogen-bond acceptors (Lipinski definition) is 3. The van der Waals surface area contributed by atoms with Crippen LogP contribution in [0.2, 0.25) is 0 Å². The highest BCUT2D eigenvalue weighted by Crippen LogP contribution is 2.45. The summed E-state index contributed by atoms with van der Waals surface area (Å²) in [6.45, 7) is 2.18. The molecule has 25 heavy (non-hydrogen) atoms. The highest BCUT2D eigenvalue weighted by molar-refractivity contribution is 5.66. The molecule has 0 aromatic heterocycles. The number of fused-ring (bicyclic) bond motifs is 2. The van der Waals surface area contributed by atoms with Crippen molar-refractivity contribution in [1.29, 1.82) is 0 Å². The van der Waals surface area contributed by atoms with Gasteiger partial charge in [0.2, 0.25) is 0 Å². The molecule has 0 amide bonds. The number of rotatable bonds is 12. The van der Waals surface area contributed by atoms with Crippen LogP contribution in [0.15, 0.2) is 24.3 Å². The maximum atomic E-state index is 10.5. The summed E-state index contributed by atoms with van der Waals surface area (Å²) in [6, 6.07) is 0. The van der Waals surface area contributed by atoms with Crippen molar-refractivity contribution in [2.24, 2.45) is 11.8 Å². The largest absolute Gasteiger partial charge is 0.481 e. The van der Waals surface area contributed by atoms with Crippen molar-refractivity contribution in [3.05, 3.63) is 24.3 Å². The Hall–Kier alpha value is -1.13. The number of carboxylic acid groups (broad SMARTS) is 1. The Labute approximate surface area is 152 Å². The second-order valence-electron chi connectivity index (χ2n) is 7.47. The number of unbranched alkanes of at least 4 members (excludes halogenated alkanes) is 3. The minimum absolute atomic E-state index is 0.239. The number of aliphatic hydroxyl groups is 1. The minimum atomic E-state index is -0.724. The van der Waals surface area contributed by atoms with Crippen LogP contribution in [0.3, 0.4) is 0 Å². The molecule has 2 aliphatic rings. The molecule has 0 aromatic carbocycles. The van der Waals surface area contributed by atoms with E-state index >= 15 is 0 Å². The van der Waals surface area contributed by atoms with Crippen molar-refractivity contribution < 1.29 is 19.7 Å². The predicted octanol–water partition coefficient (Wildman–Crippen LogP) is 4.48. The number of allylic oxidation sites excluding steroid dienone is 2. The minimum Gasteiger partial charge on any atom is -0.481 e. The molecule has 0 spiro atoms. The fraction of sp³-hybridized carbons (Fsp3) is 0.762. The van der Waals surface area contributed by atoms with Crippen molar-refractivity contribution in [2.75, 3.05) is 0 Å². The van der Waals surface area contributed by atoms with Gasteiger partial charge in [-0.3, -0.25) is 4.79 Å². The lowest BCUT2D eigenvalue weighted by Crippen LogP contribution is -2.25. The van der Waals surface area contributed by atoms with E-state index in [1.54, 1.807) is 0 Å². The van der Waals surface area contributed by atoms with Gasteiger partial charge in [-0.1, -0.05) is 50.5 Å². The molecule has 2 bridgehead atoms. The van der Waals surface area contributed by atoms with Gasteiger partial charge < -0.3 is 14.9 Å². The van der Waals surface area contributed by atoms with Gasteiger partial charge in [0.05, 0.1) is 18.3 Å². The Morgan fingerprint density at radius 3 is 2.76 bits per heavy atom. The topological polar surface area (TPSA) is 66.8 Å². The highest BCUT2D eigenvalue weighted by Gasteiger charge is 2.46. The monoisotopic (exact) mass is 350 g/mol. The summed E-state index contributed by atoms with van der Waals surface area (Å²) < 4.78 is 6.09. The molecular formula is C21H34O4. The number of aliphatic hydroxyl groups excluding tert-OH is 1. The number of aliphatic carboxylic acids is 1. The summed E-state index contributed by atoms with van der Waals surface area (Å²) in [7, 11) is 0. The van der Waals surface area contributed by atoms with Crippen LogP contribution in [-0.2, 0) is 9.53 Å². The van der Waals surface area contributed by atoms with Crippen LogP contribution in [0.25, 0.3) is 0 Å². The molecule has 2 heterocycles. The molecule has 0 radical (unpaired) electrons. The maximum absolute atomic E-state index is 10.5. The molecule has 5 atom stereocenters. The van der Waals surface area contributed by atoms with Gasteiger partial charge in [0.25, 0.3) is 0 Å². The van der Waals surface area contributed by atoms with Crippen molar-refractivity contribution in [3.8, 4) is 0 Å². The van der Waals surface area contributed by atoms with Crippen LogP contribution in [0.1, 0.15) is 71.1 Å². The summed E-state index contributed by atoms with van der Waals surface area (Å²) >= 11 is 0. The van der Waals surface area contributed by atoms with E-state index in [1.807, 2.05) is 6.08 Å². The smallest absolute Gasteiger partial charge is 0.303 e. The van der Waals surface area contributed by atoms with E-state index in [0.717, 1.165) is 38.5 Å². The second-order valence-corrected chi connectivity index (χ2v) is 7.47. The summed E-state index contributed by atoms with van der Waals surface area (Å²) in [6.07, 6.45) is 18.1. The Balaban J connectivity index is 1.78. The summed E-state index contributed by atoms with van der Waals surface area (Å²) in [5, 5.41) is 18.8. The predicted molar refractivity (Wildman–Crippen MR) is 99.4 cm³/mol. The number of hydrogen-bond donors (Lipinski definition) is 2. The molecule has 2 rings (SSSR count). The zero-order valence-electron chi connectivity index (χ0n) is 15.5. The fourth-order valence-corrected chi connectivity index (χ4v) is 4.09. The molecular weight excluding hydrogens is 316 g/mol. The SMILES string of the molecule is CCCCC[C@H](O)/C=C/[C@@H]1[C@@H](C/C=C\CCCC(=O)O)[C@H]2CC[C@@H]1O2. The first-order chi connectivity index (χ1) is 12.1. The van der Waals surface area contributed by atoms with E-state index in [1.165, 1.54) is 12.8 Å². The normalized spacial score (nSPS) is 29.8. The van der Waals surface area contributed by atoms with Crippen molar-refractivity contribution in [1.82, 2.24) is 0 Å². The molecule has 4 heteroatoms. The van der Waals surface area contributed by atoms with Gasteiger partial charge in [-0.15, -0.1) is 0 Å².